The van der Waals surface area contributed by atoms with Gasteiger partial charge in [-0.1, -0.05) is 18.2 Å². The zero-order chi connectivity index (χ0) is 14.7. The van der Waals surface area contributed by atoms with Gasteiger partial charge in [-0.3, -0.25) is 0 Å². The lowest BCUT2D eigenvalue weighted by Crippen LogP contribution is -2.19. The first-order chi connectivity index (χ1) is 10.2. The van der Waals surface area contributed by atoms with Crippen LogP contribution in [0.2, 0.25) is 0 Å². The molecule has 1 aliphatic heterocycles. The van der Waals surface area contributed by atoms with Gasteiger partial charge in [0.25, 0.3) is 0 Å². The van der Waals surface area contributed by atoms with Crippen molar-refractivity contribution in [2.45, 2.75) is 19.4 Å². The zero-order valence-corrected chi connectivity index (χ0v) is 13.4. The average molecular weight is 349 g/mol. The molecular weight excluding hydrogens is 331 g/mol. The Morgan fingerprint density at radius 3 is 2.62 bits per heavy atom. The molecule has 0 bridgehead atoms. The van der Waals surface area contributed by atoms with Crippen molar-refractivity contribution in [3.05, 3.63) is 58.3 Å². The van der Waals surface area contributed by atoms with Crippen LogP contribution >= 0.6 is 15.9 Å². The third-order valence-corrected chi connectivity index (χ3v) is 4.45. The number of rotatable bonds is 4. The number of benzene rings is 2. The van der Waals surface area contributed by atoms with Crippen molar-refractivity contribution >= 4 is 27.3 Å². The summed E-state index contributed by atoms with van der Waals surface area (Å²) in [7, 11) is 0. The highest BCUT2D eigenvalue weighted by Crippen LogP contribution is 2.26. The molecule has 0 spiro atoms. The summed E-state index contributed by atoms with van der Waals surface area (Å²) in [5, 5.41) is 3.37. The van der Waals surface area contributed by atoms with E-state index in [1.54, 1.807) is 12.1 Å². The van der Waals surface area contributed by atoms with E-state index in [4.69, 9.17) is 0 Å². The second-order valence-corrected chi connectivity index (χ2v) is 6.16. The SMILES string of the molecule is Fc1ccc(NCc2ccccc2N2CCCC2)cc1Br. The van der Waals surface area contributed by atoms with Crippen molar-refractivity contribution in [3.63, 3.8) is 0 Å². The molecule has 0 saturated carbocycles. The summed E-state index contributed by atoms with van der Waals surface area (Å²) in [5.41, 5.74) is 3.50. The third-order valence-electron chi connectivity index (χ3n) is 3.84. The van der Waals surface area contributed by atoms with Crippen molar-refractivity contribution in [1.82, 2.24) is 0 Å². The summed E-state index contributed by atoms with van der Waals surface area (Å²) < 4.78 is 13.7. The van der Waals surface area contributed by atoms with Gasteiger partial charge in [0.1, 0.15) is 5.82 Å². The van der Waals surface area contributed by atoms with Gasteiger partial charge in [-0.2, -0.15) is 0 Å². The molecule has 1 N–H and O–H groups in total. The lowest BCUT2D eigenvalue weighted by molar-refractivity contribution is 0.621. The van der Waals surface area contributed by atoms with E-state index in [0.717, 1.165) is 25.3 Å². The van der Waals surface area contributed by atoms with Gasteiger partial charge in [-0.25, -0.2) is 4.39 Å². The van der Waals surface area contributed by atoms with Crippen LogP contribution in [0.25, 0.3) is 0 Å². The smallest absolute Gasteiger partial charge is 0.137 e. The van der Waals surface area contributed by atoms with E-state index in [1.165, 1.54) is 30.2 Å². The van der Waals surface area contributed by atoms with Crippen LogP contribution in [0.4, 0.5) is 15.8 Å². The van der Waals surface area contributed by atoms with Crippen molar-refractivity contribution in [2.75, 3.05) is 23.3 Å². The molecule has 0 amide bonds. The minimum atomic E-state index is -0.238. The second kappa shape index (κ2) is 6.48. The van der Waals surface area contributed by atoms with Gasteiger partial charge in [-0.05, 0) is 58.6 Å². The number of nitrogens with one attached hydrogen (secondary N) is 1. The molecule has 2 aromatic rings. The molecule has 1 saturated heterocycles. The first-order valence-corrected chi connectivity index (χ1v) is 8.05. The van der Waals surface area contributed by atoms with E-state index in [0.29, 0.717) is 4.47 Å². The second-order valence-electron chi connectivity index (χ2n) is 5.31. The third kappa shape index (κ3) is 3.38. The molecule has 3 rings (SSSR count). The highest BCUT2D eigenvalue weighted by Gasteiger charge is 2.15. The Labute approximate surface area is 133 Å². The van der Waals surface area contributed by atoms with Crippen LogP contribution in [0.1, 0.15) is 18.4 Å². The summed E-state index contributed by atoms with van der Waals surface area (Å²) in [6.45, 7) is 3.02. The minimum absolute atomic E-state index is 0.238. The number of halogens is 2. The molecule has 1 aliphatic rings. The van der Waals surface area contributed by atoms with E-state index in [9.17, 15) is 4.39 Å². The Balaban J connectivity index is 1.74. The quantitative estimate of drug-likeness (QED) is 0.853. The largest absolute Gasteiger partial charge is 0.381 e. The summed E-state index contributed by atoms with van der Waals surface area (Å²) in [6, 6.07) is 13.5. The summed E-state index contributed by atoms with van der Waals surface area (Å²) >= 11 is 3.22. The highest BCUT2D eigenvalue weighted by atomic mass is 79.9. The molecule has 0 radical (unpaired) electrons. The molecule has 2 aromatic carbocycles. The first kappa shape index (κ1) is 14.4. The summed E-state index contributed by atoms with van der Waals surface area (Å²) in [6.07, 6.45) is 2.54. The normalized spacial score (nSPS) is 14.5. The number of anilines is 2. The van der Waals surface area contributed by atoms with Gasteiger partial charge in [0.2, 0.25) is 0 Å². The first-order valence-electron chi connectivity index (χ1n) is 7.26. The monoisotopic (exact) mass is 348 g/mol. The van der Waals surface area contributed by atoms with Crippen molar-refractivity contribution in [2.24, 2.45) is 0 Å². The predicted octanol–water partition coefficient (Wildman–Crippen LogP) is 4.80. The standard InChI is InChI=1S/C17H18BrFN2/c18-15-11-14(7-8-16(15)19)20-12-13-5-1-2-6-17(13)21-9-3-4-10-21/h1-2,5-8,11,20H,3-4,9-10,12H2. The molecule has 4 heteroatoms. The Morgan fingerprint density at radius 2 is 1.86 bits per heavy atom. The topological polar surface area (TPSA) is 15.3 Å². The molecule has 0 aromatic heterocycles. The lowest BCUT2D eigenvalue weighted by Gasteiger charge is -2.21. The Morgan fingerprint density at radius 1 is 1.10 bits per heavy atom. The maximum Gasteiger partial charge on any atom is 0.137 e. The Bertz CT molecular complexity index is 624. The molecule has 0 unspecified atom stereocenters. The van der Waals surface area contributed by atoms with Crippen LogP contribution in [0.15, 0.2) is 46.9 Å². The molecule has 0 aliphatic carbocycles. The predicted molar refractivity (Wildman–Crippen MR) is 89.3 cm³/mol. The van der Waals surface area contributed by atoms with E-state index < -0.39 is 0 Å². The van der Waals surface area contributed by atoms with Crippen LogP contribution in [-0.2, 0) is 6.54 Å². The highest BCUT2D eigenvalue weighted by molar-refractivity contribution is 9.10. The molecule has 110 valence electrons. The van der Waals surface area contributed by atoms with E-state index in [-0.39, 0.29) is 5.82 Å². The minimum Gasteiger partial charge on any atom is -0.381 e. The fraction of sp³-hybridized carbons (Fsp3) is 0.294. The van der Waals surface area contributed by atoms with Gasteiger partial charge in [0.15, 0.2) is 0 Å². The van der Waals surface area contributed by atoms with E-state index in [1.807, 2.05) is 0 Å². The average Bonchev–Trinajstić information content (AvgIpc) is 3.03. The molecule has 1 heterocycles. The van der Waals surface area contributed by atoms with Crippen LogP contribution < -0.4 is 10.2 Å². The van der Waals surface area contributed by atoms with Crippen LogP contribution in [0.5, 0.6) is 0 Å². The van der Waals surface area contributed by atoms with Gasteiger partial charge in [0, 0.05) is 31.0 Å². The summed E-state index contributed by atoms with van der Waals surface area (Å²) in [5.74, 6) is -0.238. The number of hydrogen-bond acceptors (Lipinski definition) is 2. The lowest BCUT2D eigenvalue weighted by atomic mass is 10.1. The van der Waals surface area contributed by atoms with Crippen LogP contribution in [0.3, 0.4) is 0 Å². The zero-order valence-electron chi connectivity index (χ0n) is 11.8. The van der Waals surface area contributed by atoms with Crippen molar-refractivity contribution in [1.29, 1.82) is 0 Å². The van der Waals surface area contributed by atoms with E-state index >= 15 is 0 Å². The Kier molecular flexibility index (Phi) is 4.44. The van der Waals surface area contributed by atoms with Gasteiger partial charge in [-0.15, -0.1) is 0 Å². The van der Waals surface area contributed by atoms with E-state index in [2.05, 4.69) is 50.4 Å². The van der Waals surface area contributed by atoms with Gasteiger partial charge >= 0.3 is 0 Å². The van der Waals surface area contributed by atoms with Gasteiger partial charge < -0.3 is 10.2 Å². The molecule has 0 atom stereocenters. The Hall–Kier alpha value is -1.55. The summed E-state index contributed by atoms with van der Waals surface area (Å²) in [4.78, 5) is 2.44. The molecular formula is C17H18BrFN2. The van der Waals surface area contributed by atoms with Crippen LogP contribution in [0, 0.1) is 5.82 Å². The fourth-order valence-corrected chi connectivity index (χ4v) is 3.11. The van der Waals surface area contributed by atoms with Gasteiger partial charge in [0.05, 0.1) is 4.47 Å². The number of nitrogens with zero attached hydrogens (tertiary/aromatic N) is 1. The molecule has 2 nitrogen and oxygen atoms in total. The maximum atomic E-state index is 13.2. The van der Waals surface area contributed by atoms with Crippen molar-refractivity contribution < 1.29 is 4.39 Å². The number of para-hydroxylation sites is 1. The fourth-order valence-electron chi connectivity index (χ4n) is 2.73. The molecule has 1 fully saturated rings. The number of hydrogen-bond donors (Lipinski definition) is 1. The van der Waals surface area contributed by atoms with Crippen molar-refractivity contribution in [3.8, 4) is 0 Å². The van der Waals surface area contributed by atoms with Crippen LogP contribution in [-0.4, -0.2) is 13.1 Å². The maximum absolute atomic E-state index is 13.2. The molecule has 21 heavy (non-hydrogen) atoms.